The van der Waals surface area contributed by atoms with Gasteiger partial charge in [0.05, 0.1) is 0 Å². The van der Waals surface area contributed by atoms with Crippen molar-refractivity contribution >= 4 is 29.7 Å². The van der Waals surface area contributed by atoms with Crippen molar-refractivity contribution in [2.45, 2.75) is 44.7 Å². The van der Waals surface area contributed by atoms with Crippen LogP contribution in [0, 0.1) is 0 Å². The second-order valence-corrected chi connectivity index (χ2v) is 5.56. The molecule has 0 saturated carbocycles. The summed E-state index contributed by atoms with van der Waals surface area (Å²) in [6.45, 7) is 3.18. The average Bonchev–Trinajstić information content (AvgIpc) is 2.79. The second kappa shape index (κ2) is 7.77. The summed E-state index contributed by atoms with van der Waals surface area (Å²) in [5.74, 6) is 0.190. The summed E-state index contributed by atoms with van der Waals surface area (Å²) in [4.78, 5) is 11.8. The SMILES string of the molecule is CC1CC(NC(=O)CCc2ccsc2)CCN1.Cl. The predicted octanol–water partition coefficient (Wildman–Crippen LogP) is 2.36. The van der Waals surface area contributed by atoms with E-state index in [1.165, 1.54) is 5.56 Å². The third kappa shape index (κ3) is 4.96. The Labute approximate surface area is 119 Å². The van der Waals surface area contributed by atoms with E-state index in [1.807, 2.05) is 0 Å². The second-order valence-electron chi connectivity index (χ2n) is 4.78. The number of piperidine rings is 1. The number of rotatable bonds is 4. The summed E-state index contributed by atoms with van der Waals surface area (Å²) in [5, 5.41) is 10.7. The predicted molar refractivity (Wildman–Crippen MR) is 78.5 cm³/mol. The molecule has 102 valence electrons. The van der Waals surface area contributed by atoms with E-state index in [1.54, 1.807) is 11.3 Å². The Morgan fingerprint density at radius 3 is 3.11 bits per heavy atom. The zero-order chi connectivity index (χ0) is 12.1. The Kier molecular flexibility index (Phi) is 6.68. The van der Waals surface area contributed by atoms with Gasteiger partial charge in [-0.3, -0.25) is 4.79 Å². The van der Waals surface area contributed by atoms with E-state index in [2.05, 4.69) is 34.4 Å². The van der Waals surface area contributed by atoms with Gasteiger partial charge in [0.1, 0.15) is 0 Å². The van der Waals surface area contributed by atoms with Gasteiger partial charge in [-0.1, -0.05) is 0 Å². The normalized spacial score (nSPS) is 23.2. The molecule has 1 aromatic rings. The lowest BCUT2D eigenvalue weighted by Gasteiger charge is -2.28. The summed E-state index contributed by atoms with van der Waals surface area (Å²) in [7, 11) is 0. The first-order chi connectivity index (χ1) is 8.24. The number of thiophene rings is 1. The van der Waals surface area contributed by atoms with Crippen molar-refractivity contribution in [1.82, 2.24) is 10.6 Å². The number of carbonyl (C=O) groups is 1. The summed E-state index contributed by atoms with van der Waals surface area (Å²) in [6.07, 6.45) is 3.56. The van der Waals surface area contributed by atoms with E-state index in [9.17, 15) is 4.79 Å². The Balaban J connectivity index is 0.00000162. The quantitative estimate of drug-likeness (QED) is 0.893. The molecule has 2 atom stereocenters. The average molecular weight is 289 g/mol. The minimum Gasteiger partial charge on any atom is -0.353 e. The standard InChI is InChI=1S/C13H20N2OS.ClH/c1-10-8-12(4-6-14-10)15-13(16)3-2-11-5-7-17-9-11;/h5,7,9-10,12,14H,2-4,6,8H2,1H3,(H,15,16);1H. The molecule has 1 saturated heterocycles. The van der Waals surface area contributed by atoms with Crippen LogP contribution in [-0.2, 0) is 11.2 Å². The molecule has 1 aromatic heterocycles. The highest BCUT2D eigenvalue weighted by molar-refractivity contribution is 7.07. The Bertz CT molecular complexity index is 356. The first-order valence-corrected chi connectivity index (χ1v) is 7.22. The third-order valence-corrected chi connectivity index (χ3v) is 3.94. The van der Waals surface area contributed by atoms with Crippen molar-refractivity contribution in [2.75, 3.05) is 6.54 Å². The summed E-state index contributed by atoms with van der Waals surface area (Å²) in [6, 6.07) is 2.97. The van der Waals surface area contributed by atoms with Crippen molar-refractivity contribution in [1.29, 1.82) is 0 Å². The van der Waals surface area contributed by atoms with E-state index in [0.29, 0.717) is 18.5 Å². The van der Waals surface area contributed by atoms with Crippen LogP contribution in [0.2, 0.25) is 0 Å². The molecular weight excluding hydrogens is 268 g/mol. The van der Waals surface area contributed by atoms with E-state index in [4.69, 9.17) is 0 Å². The van der Waals surface area contributed by atoms with Gasteiger partial charge in [-0.25, -0.2) is 0 Å². The first-order valence-electron chi connectivity index (χ1n) is 6.28. The molecule has 0 aromatic carbocycles. The van der Waals surface area contributed by atoms with Gasteiger partial charge >= 0.3 is 0 Å². The maximum absolute atomic E-state index is 11.8. The molecule has 2 N–H and O–H groups in total. The summed E-state index contributed by atoms with van der Waals surface area (Å²) in [5.41, 5.74) is 1.27. The number of amides is 1. The van der Waals surface area contributed by atoms with Gasteiger partial charge in [-0.15, -0.1) is 12.4 Å². The van der Waals surface area contributed by atoms with E-state index in [-0.39, 0.29) is 18.3 Å². The van der Waals surface area contributed by atoms with Crippen molar-refractivity contribution in [3.8, 4) is 0 Å². The van der Waals surface area contributed by atoms with Crippen LogP contribution >= 0.6 is 23.7 Å². The minimum absolute atomic E-state index is 0. The van der Waals surface area contributed by atoms with Crippen LogP contribution in [0.1, 0.15) is 31.7 Å². The van der Waals surface area contributed by atoms with Gasteiger partial charge in [0.15, 0.2) is 0 Å². The molecule has 1 aliphatic rings. The molecule has 1 amide bonds. The fourth-order valence-corrected chi connectivity index (χ4v) is 2.96. The van der Waals surface area contributed by atoms with Crippen molar-refractivity contribution in [2.24, 2.45) is 0 Å². The maximum Gasteiger partial charge on any atom is 0.220 e. The fraction of sp³-hybridized carbons (Fsp3) is 0.615. The van der Waals surface area contributed by atoms with E-state index in [0.717, 1.165) is 25.8 Å². The number of carbonyl (C=O) groups excluding carboxylic acids is 1. The van der Waals surface area contributed by atoms with Gasteiger partial charge in [0, 0.05) is 18.5 Å². The molecule has 1 aliphatic heterocycles. The monoisotopic (exact) mass is 288 g/mol. The van der Waals surface area contributed by atoms with Crippen LogP contribution in [0.4, 0.5) is 0 Å². The topological polar surface area (TPSA) is 41.1 Å². The lowest BCUT2D eigenvalue weighted by atomic mass is 10.0. The molecular formula is C13H21ClN2OS. The van der Waals surface area contributed by atoms with Crippen molar-refractivity contribution in [3.63, 3.8) is 0 Å². The van der Waals surface area contributed by atoms with Gasteiger partial charge in [-0.05, 0) is 55.1 Å². The molecule has 2 rings (SSSR count). The van der Waals surface area contributed by atoms with Gasteiger partial charge in [0.2, 0.25) is 5.91 Å². The van der Waals surface area contributed by atoms with Crippen LogP contribution in [0.3, 0.4) is 0 Å². The molecule has 2 unspecified atom stereocenters. The van der Waals surface area contributed by atoms with Gasteiger partial charge in [-0.2, -0.15) is 11.3 Å². The number of hydrogen-bond donors (Lipinski definition) is 2. The fourth-order valence-electron chi connectivity index (χ4n) is 2.26. The smallest absolute Gasteiger partial charge is 0.220 e. The number of hydrogen-bond acceptors (Lipinski definition) is 3. The number of nitrogens with one attached hydrogen (secondary N) is 2. The first kappa shape index (κ1) is 15.5. The molecule has 0 radical (unpaired) electrons. The van der Waals surface area contributed by atoms with Gasteiger partial charge in [0.25, 0.3) is 0 Å². The zero-order valence-electron chi connectivity index (χ0n) is 10.6. The van der Waals surface area contributed by atoms with Crippen LogP contribution in [-0.4, -0.2) is 24.5 Å². The Morgan fingerprint density at radius 1 is 1.61 bits per heavy atom. The van der Waals surface area contributed by atoms with Crippen LogP contribution in [0.5, 0.6) is 0 Å². The molecule has 0 aliphatic carbocycles. The third-order valence-electron chi connectivity index (χ3n) is 3.21. The molecule has 3 nitrogen and oxygen atoms in total. The highest BCUT2D eigenvalue weighted by atomic mass is 35.5. The molecule has 18 heavy (non-hydrogen) atoms. The highest BCUT2D eigenvalue weighted by Crippen LogP contribution is 2.10. The molecule has 1 fully saturated rings. The Morgan fingerprint density at radius 2 is 2.44 bits per heavy atom. The molecule has 2 heterocycles. The lowest BCUT2D eigenvalue weighted by molar-refractivity contribution is -0.122. The maximum atomic E-state index is 11.8. The molecule has 5 heteroatoms. The van der Waals surface area contributed by atoms with Crippen molar-refractivity contribution in [3.05, 3.63) is 22.4 Å². The minimum atomic E-state index is 0. The van der Waals surface area contributed by atoms with Crippen LogP contribution in [0.25, 0.3) is 0 Å². The number of halogens is 1. The highest BCUT2D eigenvalue weighted by Gasteiger charge is 2.19. The van der Waals surface area contributed by atoms with Crippen LogP contribution < -0.4 is 10.6 Å². The van der Waals surface area contributed by atoms with E-state index >= 15 is 0 Å². The largest absolute Gasteiger partial charge is 0.353 e. The van der Waals surface area contributed by atoms with E-state index < -0.39 is 0 Å². The Hall–Kier alpha value is -0.580. The van der Waals surface area contributed by atoms with Crippen molar-refractivity contribution < 1.29 is 4.79 Å². The number of aryl methyl sites for hydroxylation is 1. The van der Waals surface area contributed by atoms with Crippen LogP contribution in [0.15, 0.2) is 16.8 Å². The molecule has 0 bridgehead atoms. The lowest BCUT2D eigenvalue weighted by Crippen LogP contribution is -2.46. The van der Waals surface area contributed by atoms with Gasteiger partial charge < -0.3 is 10.6 Å². The summed E-state index contributed by atoms with van der Waals surface area (Å²) >= 11 is 1.69. The zero-order valence-corrected chi connectivity index (χ0v) is 12.3. The summed E-state index contributed by atoms with van der Waals surface area (Å²) < 4.78 is 0. The molecule has 0 spiro atoms.